The van der Waals surface area contributed by atoms with Gasteiger partial charge in [-0.25, -0.2) is 9.78 Å². The van der Waals surface area contributed by atoms with E-state index in [1.807, 2.05) is 0 Å². The second-order valence-corrected chi connectivity index (χ2v) is 8.15. The Morgan fingerprint density at radius 2 is 2.13 bits per heavy atom. The van der Waals surface area contributed by atoms with Gasteiger partial charge in [0.1, 0.15) is 5.25 Å². The Kier molecular flexibility index (Phi) is 7.36. The van der Waals surface area contributed by atoms with Crippen LogP contribution in [0.1, 0.15) is 23.7 Å². The molecule has 8 nitrogen and oxygen atoms in total. The van der Waals surface area contributed by atoms with E-state index in [1.165, 1.54) is 28.0 Å². The number of nitrogens with zero attached hydrogens (tertiary/aromatic N) is 3. The summed E-state index contributed by atoms with van der Waals surface area (Å²) in [5.74, 6) is -0.917. The van der Waals surface area contributed by atoms with Crippen molar-refractivity contribution in [3.63, 3.8) is 0 Å². The summed E-state index contributed by atoms with van der Waals surface area (Å²) in [6, 6.07) is 6.39. The smallest absolute Gasteiger partial charge is 0.338 e. The predicted molar refractivity (Wildman–Crippen MR) is 118 cm³/mol. The van der Waals surface area contributed by atoms with Gasteiger partial charge in [-0.2, -0.15) is 4.99 Å². The molecule has 10 heteroatoms. The first kappa shape index (κ1) is 21.7. The van der Waals surface area contributed by atoms with E-state index < -0.39 is 11.2 Å². The number of amides is 2. The van der Waals surface area contributed by atoms with Crippen molar-refractivity contribution < 1.29 is 19.1 Å². The molecule has 0 saturated carbocycles. The molecule has 2 amide bonds. The number of aromatic nitrogens is 1. The van der Waals surface area contributed by atoms with Crippen LogP contribution in [0, 0.1) is 0 Å². The number of amidine groups is 1. The predicted octanol–water partition coefficient (Wildman–Crippen LogP) is 3.47. The number of hydrogen-bond acceptors (Lipinski definition) is 8. The molecule has 1 saturated heterocycles. The van der Waals surface area contributed by atoms with Crippen LogP contribution >= 0.6 is 23.1 Å². The maximum atomic E-state index is 12.7. The van der Waals surface area contributed by atoms with Gasteiger partial charge in [-0.15, -0.1) is 17.9 Å². The van der Waals surface area contributed by atoms with Gasteiger partial charge in [-0.3, -0.25) is 14.5 Å². The third-order valence-electron chi connectivity index (χ3n) is 3.99. The van der Waals surface area contributed by atoms with Crippen LogP contribution in [0.2, 0.25) is 0 Å². The maximum absolute atomic E-state index is 12.7. The molecule has 2 aromatic rings. The second kappa shape index (κ2) is 10.2. The van der Waals surface area contributed by atoms with E-state index >= 15 is 0 Å². The number of carbonyl (C=O) groups excluding carboxylic acids is 3. The summed E-state index contributed by atoms with van der Waals surface area (Å²) in [5, 5.41) is 5.02. The van der Waals surface area contributed by atoms with Gasteiger partial charge in [0, 0.05) is 30.2 Å². The molecule has 0 aliphatic carbocycles. The molecule has 30 heavy (non-hydrogen) atoms. The van der Waals surface area contributed by atoms with Crippen molar-refractivity contribution in [3.8, 4) is 0 Å². The van der Waals surface area contributed by atoms with Crippen LogP contribution < -0.4 is 5.32 Å². The molecular formula is C20H20N4O4S2. The number of rotatable bonds is 8. The Morgan fingerprint density at radius 1 is 1.37 bits per heavy atom. The largest absolute Gasteiger partial charge is 0.462 e. The summed E-state index contributed by atoms with van der Waals surface area (Å²) in [6.45, 7) is 6.02. The Balaban J connectivity index is 1.64. The van der Waals surface area contributed by atoms with Crippen LogP contribution in [0.5, 0.6) is 0 Å². The van der Waals surface area contributed by atoms with Gasteiger partial charge < -0.3 is 10.1 Å². The van der Waals surface area contributed by atoms with Gasteiger partial charge in [0.15, 0.2) is 5.17 Å². The summed E-state index contributed by atoms with van der Waals surface area (Å²) >= 11 is 2.61. The highest BCUT2D eigenvalue weighted by Gasteiger charge is 2.38. The molecule has 0 radical (unpaired) electrons. The normalized spacial score (nSPS) is 17.2. The molecule has 0 spiro atoms. The average Bonchev–Trinajstić information content (AvgIpc) is 3.33. The SMILES string of the molecule is C=CCN1C(=O)[C@H](CC(=O)Nc2ccc(C(=O)OCC)cc2)SC1=Nc1nccs1. The topological polar surface area (TPSA) is 101 Å². The lowest BCUT2D eigenvalue weighted by Gasteiger charge is -2.13. The van der Waals surface area contributed by atoms with Crippen molar-refractivity contribution in [2.75, 3.05) is 18.5 Å². The lowest BCUT2D eigenvalue weighted by atomic mass is 10.2. The number of nitrogens with one attached hydrogen (secondary N) is 1. The van der Waals surface area contributed by atoms with Crippen molar-refractivity contribution in [1.82, 2.24) is 9.88 Å². The number of thioether (sulfide) groups is 1. The van der Waals surface area contributed by atoms with Crippen molar-refractivity contribution in [2.45, 2.75) is 18.6 Å². The molecule has 1 aliphatic rings. The molecule has 1 aliphatic heterocycles. The molecule has 156 valence electrons. The van der Waals surface area contributed by atoms with E-state index in [-0.39, 0.29) is 18.2 Å². The molecule has 0 unspecified atom stereocenters. The van der Waals surface area contributed by atoms with Gasteiger partial charge >= 0.3 is 5.97 Å². The molecule has 0 bridgehead atoms. The van der Waals surface area contributed by atoms with Crippen LogP contribution in [0.3, 0.4) is 0 Å². The van der Waals surface area contributed by atoms with Gasteiger partial charge in [-0.05, 0) is 31.2 Å². The summed E-state index contributed by atoms with van der Waals surface area (Å²) in [4.78, 5) is 46.9. The Bertz CT molecular complexity index is 958. The van der Waals surface area contributed by atoms with Crippen molar-refractivity contribution >= 4 is 56.9 Å². The van der Waals surface area contributed by atoms with E-state index in [0.717, 1.165) is 0 Å². The van der Waals surface area contributed by atoms with Crippen LogP contribution in [0.15, 0.2) is 53.5 Å². The third kappa shape index (κ3) is 5.33. The van der Waals surface area contributed by atoms with Gasteiger partial charge in [0.2, 0.25) is 16.9 Å². The zero-order valence-corrected chi connectivity index (χ0v) is 17.9. The summed E-state index contributed by atoms with van der Waals surface area (Å²) < 4.78 is 4.93. The molecule has 1 fully saturated rings. The van der Waals surface area contributed by atoms with Crippen LogP contribution in [-0.2, 0) is 14.3 Å². The fraction of sp³-hybridized carbons (Fsp3) is 0.250. The maximum Gasteiger partial charge on any atom is 0.338 e. The summed E-state index contributed by atoms with van der Waals surface area (Å²) in [6.07, 6.45) is 3.25. The van der Waals surface area contributed by atoms with Gasteiger partial charge in [-0.1, -0.05) is 17.8 Å². The number of thiazole rings is 1. The Morgan fingerprint density at radius 3 is 2.77 bits per heavy atom. The van der Waals surface area contributed by atoms with E-state index in [1.54, 1.807) is 48.8 Å². The van der Waals surface area contributed by atoms with Crippen molar-refractivity contribution in [3.05, 3.63) is 54.1 Å². The Hall–Kier alpha value is -2.98. The first-order valence-corrected chi connectivity index (χ1v) is 10.9. The summed E-state index contributed by atoms with van der Waals surface area (Å²) in [7, 11) is 0. The minimum absolute atomic E-state index is 0.00629. The zero-order chi connectivity index (χ0) is 21.5. The second-order valence-electron chi connectivity index (χ2n) is 6.10. The lowest BCUT2D eigenvalue weighted by Crippen LogP contribution is -2.33. The van der Waals surface area contributed by atoms with E-state index in [9.17, 15) is 14.4 Å². The number of carbonyl (C=O) groups is 3. The van der Waals surface area contributed by atoms with E-state index in [0.29, 0.717) is 34.7 Å². The molecule has 1 aromatic heterocycles. The number of esters is 1. The number of ether oxygens (including phenoxy) is 1. The highest BCUT2D eigenvalue weighted by molar-refractivity contribution is 8.15. The lowest BCUT2D eigenvalue weighted by molar-refractivity contribution is -0.127. The van der Waals surface area contributed by atoms with Gasteiger partial charge in [0.05, 0.1) is 12.2 Å². The first-order chi connectivity index (χ1) is 14.5. The molecule has 3 rings (SSSR count). The fourth-order valence-electron chi connectivity index (χ4n) is 2.66. The van der Waals surface area contributed by atoms with Crippen molar-refractivity contribution in [2.24, 2.45) is 4.99 Å². The van der Waals surface area contributed by atoms with Crippen LogP contribution in [0.4, 0.5) is 10.8 Å². The fourth-order valence-corrected chi connectivity index (χ4v) is 4.37. The number of aliphatic imine (C=N–C) groups is 1. The quantitative estimate of drug-likeness (QED) is 0.494. The van der Waals surface area contributed by atoms with Gasteiger partial charge in [0.25, 0.3) is 0 Å². The third-order valence-corrected chi connectivity index (χ3v) is 5.83. The van der Waals surface area contributed by atoms with Crippen LogP contribution in [-0.4, -0.2) is 51.2 Å². The zero-order valence-electron chi connectivity index (χ0n) is 16.2. The monoisotopic (exact) mass is 444 g/mol. The summed E-state index contributed by atoms with van der Waals surface area (Å²) in [5.41, 5.74) is 0.933. The minimum atomic E-state index is -0.581. The average molecular weight is 445 g/mol. The highest BCUT2D eigenvalue weighted by atomic mass is 32.2. The first-order valence-electron chi connectivity index (χ1n) is 9.16. The Labute approximate surface area is 182 Å². The van der Waals surface area contributed by atoms with E-state index in [2.05, 4.69) is 21.9 Å². The molecule has 1 atom stereocenters. The number of hydrogen-bond donors (Lipinski definition) is 1. The molecule has 1 N–H and O–H groups in total. The molecule has 1 aromatic carbocycles. The van der Waals surface area contributed by atoms with Crippen molar-refractivity contribution in [1.29, 1.82) is 0 Å². The van der Waals surface area contributed by atoms with E-state index in [4.69, 9.17) is 4.74 Å². The standard InChI is InChI=1S/C20H20N4O4S2/c1-3-10-24-17(26)15(30-20(24)23-19-21-9-11-29-19)12-16(25)22-14-7-5-13(6-8-14)18(27)28-4-2/h3,5-9,11,15H,1,4,10,12H2,2H3,(H,22,25)/t15-/m0/s1. The minimum Gasteiger partial charge on any atom is -0.462 e. The number of anilines is 1. The highest BCUT2D eigenvalue weighted by Crippen LogP contribution is 2.32. The van der Waals surface area contributed by atoms with Crippen LogP contribution in [0.25, 0.3) is 0 Å². The molecule has 2 heterocycles. The number of benzene rings is 1. The molecular weight excluding hydrogens is 424 g/mol.